The van der Waals surface area contributed by atoms with Crippen molar-refractivity contribution in [1.82, 2.24) is 4.40 Å². The number of benzene rings is 3. The average molecular weight is 375 g/mol. The van der Waals surface area contributed by atoms with E-state index in [1.165, 1.54) is 65.6 Å². The molecular weight excluding hydrogens is 356 g/mol. The Balaban J connectivity index is 2.03. The van der Waals surface area contributed by atoms with E-state index in [9.17, 15) is 0 Å². The van der Waals surface area contributed by atoms with Crippen LogP contribution in [0, 0.1) is 13.8 Å². The summed E-state index contributed by atoms with van der Waals surface area (Å²) >= 11 is 0. The van der Waals surface area contributed by atoms with Crippen LogP contribution in [0.3, 0.4) is 0 Å². The van der Waals surface area contributed by atoms with Gasteiger partial charge < -0.3 is 8.82 Å². The lowest BCUT2D eigenvalue weighted by molar-refractivity contribution is -0.650. The predicted molar refractivity (Wildman–Crippen MR) is 119 cm³/mol. The first-order valence-electron chi connectivity index (χ1n) is 10.0. The first-order valence-corrected chi connectivity index (χ1v) is 10.0. The van der Waals surface area contributed by atoms with E-state index in [1.807, 2.05) is 6.26 Å². The minimum absolute atomic E-state index is 0.981. The van der Waals surface area contributed by atoms with Gasteiger partial charge in [-0.15, -0.1) is 0 Å². The molecule has 4 heterocycles. The lowest BCUT2D eigenvalue weighted by atomic mass is 9.95. The fourth-order valence-corrected chi connectivity index (χ4v) is 5.43. The van der Waals surface area contributed by atoms with E-state index in [1.54, 1.807) is 0 Å². The van der Waals surface area contributed by atoms with Crippen molar-refractivity contribution in [3.8, 4) is 0 Å². The van der Waals surface area contributed by atoms with Crippen LogP contribution in [0.4, 0.5) is 0 Å². The van der Waals surface area contributed by atoms with Gasteiger partial charge in [0.25, 0.3) is 0 Å². The normalized spacial score (nSPS) is 12.7. The number of fused-ring (bicyclic) bond motifs is 7. The Morgan fingerprint density at radius 1 is 0.793 bits per heavy atom. The smallest absolute Gasteiger partial charge is 0.238 e. The SMILES string of the molecule is Cc1c2ccoc2c2cccc3c2c1c1c2c(cc(C)[n+]1C)c1ccccc1n32. The van der Waals surface area contributed by atoms with Crippen molar-refractivity contribution < 1.29 is 8.98 Å². The molecule has 0 saturated heterocycles. The van der Waals surface area contributed by atoms with Crippen molar-refractivity contribution in [2.24, 2.45) is 7.05 Å². The molecule has 0 amide bonds. The van der Waals surface area contributed by atoms with Gasteiger partial charge in [0, 0.05) is 39.9 Å². The molecule has 0 fully saturated rings. The van der Waals surface area contributed by atoms with Gasteiger partial charge in [-0.2, -0.15) is 4.57 Å². The molecule has 138 valence electrons. The fourth-order valence-electron chi connectivity index (χ4n) is 5.43. The van der Waals surface area contributed by atoms with E-state index >= 15 is 0 Å². The Morgan fingerprint density at radius 3 is 2.48 bits per heavy atom. The molecule has 0 N–H and O–H groups in total. The van der Waals surface area contributed by atoms with Crippen LogP contribution in [0.5, 0.6) is 0 Å². The second kappa shape index (κ2) is 4.87. The molecule has 3 heteroatoms. The Kier molecular flexibility index (Phi) is 2.58. The number of aromatic nitrogens is 2. The quantitative estimate of drug-likeness (QED) is 0.176. The van der Waals surface area contributed by atoms with Crippen LogP contribution in [0.2, 0.25) is 0 Å². The summed E-state index contributed by atoms with van der Waals surface area (Å²) in [5.74, 6) is 0. The van der Waals surface area contributed by atoms with E-state index in [2.05, 4.69) is 84.5 Å². The molecule has 0 aliphatic carbocycles. The molecular formula is C26H19N2O+. The zero-order chi connectivity index (χ0) is 19.4. The van der Waals surface area contributed by atoms with Crippen molar-refractivity contribution in [1.29, 1.82) is 0 Å². The number of rotatable bonds is 0. The third-order valence-electron chi connectivity index (χ3n) is 6.81. The predicted octanol–water partition coefficient (Wildman–Crippen LogP) is 6.18. The molecule has 0 spiro atoms. The Hall–Kier alpha value is -3.59. The van der Waals surface area contributed by atoms with Gasteiger partial charge in [0.2, 0.25) is 5.52 Å². The van der Waals surface area contributed by atoms with Crippen LogP contribution in [-0.4, -0.2) is 4.40 Å². The van der Waals surface area contributed by atoms with Crippen molar-refractivity contribution in [3.05, 3.63) is 72.1 Å². The van der Waals surface area contributed by atoms with Crippen LogP contribution in [0.25, 0.3) is 60.0 Å². The molecule has 7 rings (SSSR count). The van der Waals surface area contributed by atoms with E-state index in [-0.39, 0.29) is 0 Å². The van der Waals surface area contributed by atoms with Gasteiger partial charge in [-0.05, 0) is 30.7 Å². The minimum atomic E-state index is 0.981. The molecule has 29 heavy (non-hydrogen) atoms. The number of hydrogen-bond acceptors (Lipinski definition) is 1. The second-order valence-corrected chi connectivity index (χ2v) is 8.17. The summed E-state index contributed by atoms with van der Waals surface area (Å²) in [4.78, 5) is 0. The summed E-state index contributed by atoms with van der Waals surface area (Å²) < 4.78 is 10.8. The molecule has 0 aliphatic rings. The molecule has 0 saturated carbocycles. The van der Waals surface area contributed by atoms with Gasteiger partial charge in [0.05, 0.1) is 22.7 Å². The highest BCUT2D eigenvalue weighted by Crippen LogP contribution is 2.43. The fraction of sp³-hybridized carbons (Fsp3) is 0.115. The standard InChI is InChI=1S/C26H19N2O/c1-14-13-19-17-7-4-5-9-20(17)28-21-10-6-8-18-23(21)22(25(24(19)28)27(14)3)15(2)16-11-12-29-26(16)18/h4-13H,1-3H3/q+1. The van der Waals surface area contributed by atoms with E-state index in [0.717, 1.165) is 5.58 Å². The lowest BCUT2D eigenvalue weighted by Gasteiger charge is -2.14. The average Bonchev–Trinajstić information content (AvgIpc) is 3.35. The highest BCUT2D eigenvalue weighted by atomic mass is 16.3. The van der Waals surface area contributed by atoms with Crippen LogP contribution in [0.15, 0.2) is 65.3 Å². The van der Waals surface area contributed by atoms with Crippen molar-refractivity contribution in [3.63, 3.8) is 0 Å². The van der Waals surface area contributed by atoms with Gasteiger partial charge in [0.15, 0.2) is 5.69 Å². The summed E-state index contributed by atoms with van der Waals surface area (Å²) in [6.07, 6.45) is 1.81. The summed E-state index contributed by atoms with van der Waals surface area (Å²) in [5.41, 5.74) is 8.61. The maximum atomic E-state index is 5.96. The maximum Gasteiger partial charge on any atom is 0.238 e. The number of furan rings is 1. The zero-order valence-electron chi connectivity index (χ0n) is 16.6. The highest BCUT2D eigenvalue weighted by Gasteiger charge is 2.27. The van der Waals surface area contributed by atoms with Gasteiger partial charge >= 0.3 is 0 Å². The Bertz CT molecular complexity index is 1780. The van der Waals surface area contributed by atoms with E-state index in [0.29, 0.717) is 0 Å². The first kappa shape index (κ1) is 15.3. The number of nitrogens with zero attached hydrogens (tertiary/aromatic N) is 2. The first-order chi connectivity index (χ1) is 14.2. The third-order valence-corrected chi connectivity index (χ3v) is 6.81. The van der Waals surface area contributed by atoms with Gasteiger partial charge in [0.1, 0.15) is 18.1 Å². The molecule has 0 aliphatic heterocycles. The van der Waals surface area contributed by atoms with E-state index in [4.69, 9.17) is 4.42 Å². The van der Waals surface area contributed by atoms with Crippen LogP contribution in [-0.2, 0) is 7.05 Å². The zero-order valence-corrected chi connectivity index (χ0v) is 16.6. The second-order valence-electron chi connectivity index (χ2n) is 8.17. The molecule has 0 radical (unpaired) electrons. The highest BCUT2D eigenvalue weighted by molar-refractivity contribution is 6.30. The molecule has 3 aromatic carbocycles. The molecule has 7 aromatic rings. The molecule has 3 nitrogen and oxygen atoms in total. The van der Waals surface area contributed by atoms with Crippen LogP contribution >= 0.6 is 0 Å². The van der Waals surface area contributed by atoms with Crippen molar-refractivity contribution >= 4 is 60.0 Å². The largest absolute Gasteiger partial charge is 0.464 e. The summed E-state index contributed by atoms with van der Waals surface area (Å²) in [6, 6.07) is 19.8. The molecule has 0 unspecified atom stereocenters. The van der Waals surface area contributed by atoms with Gasteiger partial charge in [-0.3, -0.25) is 0 Å². The summed E-state index contributed by atoms with van der Waals surface area (Å²) in [7, 11) is 2.19. The van der Waals surface area contributed by atoms with Crippen LogP contribution < -0.4 is 4.57 Å². The number of hydrogen-bond donors (Lipinski definition) is 0. The van der Waals surface area contributed by atoms with Crippen molar-refractivity contribution in [2.45, 2.75) is 13.8 Å². The topological polar surface area (TPSA) is 21.4 Å². The molecule has 0 bridgehead atoms. The van der Waals surface area contributed by atoms with Crippen LogP contribution in [0.1, 0.15) is 11.3 Å². The van der Waals surface area contributed by atoms with Gasteiger partial charge in [-0.1, -0.05) is 30.3 Å². The van der Waals surface area contributed by atoms with Crippen molar-refractivity contribution in [2.75, 3.05) is 0 Å². The summed E-state index contributed by atoms with van der Waals surface area (Å²) in [6.45, 7) is 4.43. The Labute approximate surface area is 166 Å². The monoisotopic (exact) mass is 375 g/mol. The minimum Gasteiger partial charge on any atom is -0.464 e. The van der Waals surface area contributed by atoms with Gasteiger partial charge in [-0.25, -0.2) is 0 Å². The lowest BCUT2D eigenvalue weighted by Crippen LogP contribution is -2.33. The number of para-hydroxylation sites is 1. The molecule has 0 atom stereocenters. The molecule has 4 aromatic heterocycles. The van der Waals surface area contributed by atoms with E-state index < -0.39 is 0 Å². The number of aryl methyl sites for hydroxylation is 3. The Morgan fingerprint density at radius 2 is 1.59 bits per heavy atom. The third kappa shape index (κ3) is 1.60. The number of pyridine rings is 2. The summed E-state index contributed by atoms with van der Waals surface area (Å²) in [5, 5.41) is 7.61. The maximum absolute atomic E-state index is 5.96.